The number of alkyl halides is 1. The van der Waals surface area contributed by atoms with Crippen LogP contribution in [0.15, 0.2) is 0 Å². The van der Waals surface area contributed by atoms with Crippen LogP contribution < -0.4 is 0 Å². The highest BCUT2D eigenvalue weighted by atomic mass is 35.5. The number of amides is 1. The fourth-order valence-electron chi connectivity index (χ4n) is 2.25. The van der Waals surface area contributed by atoms with Gasteiger partial charge in [-0.2, -0.15) is 0 Å². The Hall–Kier alpha value is -0.820. The van der Waals surface area contributed by atoms with E-state index >= 15 is 0 Å². The van der Waals surface area contributed by atoms with E-state index in [1.54, 1.807) is 0 Å². The second-order valence-electron chi connectivity index (χ2n) is 4.43. The van der Waals surface area contributed by atoms with Gasteiger partial charge in [0.15, 0.2) is 15.2 Å². The van der Waals surface area contributed by atoms with Crippen molar-refractivity contribution in [2.75, 3.05) is 0 Å². The fourth-order valence-corrected chi connectivity index (χ4v) is 4.99. The third-order valence-electron chi connectivity index (χ3n) is 3.24. The number of carboxylic acid groups (broad SMARTS) is 1. The maximum absolute atomic E-state index is 12.0. The molecule has 1 amide bonds. The van der Waals surface area contributed by atoms with Crippen LogP contribution in [0.25, 0.3) is 0 Å². The quantitative estimate of drug-likeness (QED) is 0.507. The van der Waals surface area contributed by atoms with Crippen molar-refractivity contribution in [1.29, 1.82) is 0 Å². The molecule has 0 aromatic carbocycles. The smallest absolute Gasteiger partial charge is 0.328 e. The lowest BCUT2D eigenvalue weighted by Gasteiger charge is -2.39. The molecule has 2 rings (SSSR count). The number of fused-ring (bicyclic) bond motifs is 1. The lowest BCUT2D eigenvalue weighted by molar-refractivity contribution is -0.156. The van der Waals surface area contributed by atoms with Crippen LogP contribution in [0.2, 0.25) is 0 Å². The number of halogens is 1. The molecule has 2 aliphatic rings. The Labute approximate surface area is 97.1 Å². The first kappa shape index (κ1) is 11.7. The fraction of sp³-hybridized carbons (Fsp3) is 0.750. The number of hydrogen-bond donors (Lipinski definition) is 1. The SMILES string of the molecule is CC1(C)[C@H](C(=O)O)N2C(=O)[C@H](Cl)[C@H]2S1(=O)=O. The normalized spacial score (nSPS) is 39.1. The zero-order valence-corrected chi connectivity index (χ0v) is 10.1. The van der Waals surface area contributed by atoms with Crippen LogP contribution in [0.4, 0.5) is 0 Å². The molecule has 0 aliphatic carbocycles. The van der Waals surface area contributed by atoms with Gasteiger partial charge in [-0.3, -0.25) is 4.79 Å². The van der Waals surface area contributed by atoms with Crippen LogP contribution in [0.1, 0.15) is 13.8 Å². The summed E-state index contributed by atoms with van der Waals surface area (Å²) in [6, 6.07) is -1.36. The number of carboxylic acids is 1. The van der Waals surface area contributed by atoms with Gasteiger partial charge in [0, 0.05) is 0 Å². The van der Waals surface area contributed by atoms with Gasteiger partial charge in [-0.15, -0.1) is 11.6 Å². The molecule has 0 spiro atoms. The number of carbonyl (C=O) groups is 2. The van der Waals surface area contributed by atoms with Gasteiger partial charge < -0.3 is 10.0 Å². The van der Waals surface area contributed by atoms with Crippen molar-refractivity contribution >= 4 is 33.3 Å². The molecular formula is C8H10ClNO5S. The Morgan fingerprint density at radius 2 is 2.00 bits per heavy atom. The van der Waals surface area contributed by atoms with E-state index in [2.05, 4.69) is 0 Å². The van der Waals surface area contributed by atoms with Gasteiger partial charge in [0.25, 0.3) is 0 Å². The van der Waals surface area contributed by atoms with Gasteiger partial charge in [0.05, 0.1) is 0 Å². The van der Waals surface area contributed by atoms with Gasteiger partial charge in [0.2, 0.25) is 5.91 Å². The first-order valence-corrected chi connectivity index (χ1v) is 6.55. The molecular weight excluding hydrogens is 258 g/mol. The molecule has 3 atom stereocenters. The van der Waals surface area contributed by atoms with Crippen LogP contribution in [0.3, 0.4) is 0 Å². The van der Waals surface area contributed by atoms with Crippen LogP contribution in [-0.4, -0.2) is 51.8 Å². The Balaban J connectivity index is 2.60. The predicted molar refractivity (Wildman–Crippen MR) is 54.7 cm³/mol. The maximum atomic E-state index is 12.0. The minimum Gasteiger partial charge on any atom is -0.480 e. The standard InChI is InChI=1S/C8H10ClNO5S/c1-8(2)4(7(12)13)10-5(11)3(9)6(10)16(8,14)15/h3-4,6H,1-2H3,(H,12,13)/t3-,4-,6+/m0/s1. The second-order valence-corrected chi connectivity index (χ2v) is 7.52. The number of carbonyl (C=O) groups excluding carboxylic acids is 1. The van der Waals surface area contributed by atoms with Crippen molar-refractivity contribution in [2.24, 2.45) is 0 Å². The van der Waals surface area contributed by atoms with Gasteiger partial charge in [-0.1, -0.05) is 0 Å². The summed E-state index contributed by atoms with van der Waals surface area (Å²) in [5.74, 6) is -1.96. The molecule has 2 saturated heterocycles. The molecule has 0 bridgehead atoms. The molecule has 90 valence electrons. The predicted octanol–water partition coefficient (Wildman–Crippen LogP) is -0.578. The first-order valence-electron chi connectivity index (χ1n) is 4.56. The topological polar surface area (TPSA) is 91.8 Å². The van der Waals surface area contributed by atoms with Crippen LogP contribution in [0.5, 0.6) is 0 Å². The van der Waals surface area contributed by atoms with E-state index in [1.807, 2.05) is 0 Å². The average molecular weight is 268 g/mol. The van der Waals surface area contributed by atoms with Gasteiger partial charge in [0.1, 0.15) is 16.2 Å². The van der Waals surface area contributed by atoms with Crippen molar-refractivity contribution in [1.82, 2.24) is 4.90 Å². The van der Waals surface area contributed by atoms with E-state index < -0.39 is 43.3 Å². The summed E-state index contributed by atoms with van der Waals surface area (Å²) < 4.78 is 22.5. The molecule has 0 radical (unpaired) electrons. The van der Waals surface area contributed by atoms with Crippen molar-refractivity contribution < 1.29 is 23.1 Å². The van der Waals surface area contributed by atoms with Crippen molar-refractivity contribution in [3.05, 3.63) is 0 Å². The van der Waals surface area contributed by atoms with E-state index in [1.165, 1.54) is 13.8 Å². The van der Waals surface area contributed by atoms with Crippen LogP contribution in [0, 0.1) is 0 Å². The number of aliphatic carboxylic acids is 1. The highest BCUT2D eigenvalue weighted by Gasteiger charge is 2.71. The molecule has 8 heteroatoms. The number of β-lactam (4-membered cyclic amide) rings is 1. The summed E-state index contributed by atoms with van der Waals surface area (Å²) in [5, 5.41) is 6.65. The van der Waals surface area contributed by atoms with E-state index in [0.29, 0.717) is 0 Å². The molecule has 6 nitrogen and oxygen atoms in total. The minimum absolute atomic E-state index is 0.631. The Bertz CT molecular complexity index is 485. The molecule has 2 aliphatic heterocycles. The van der Waals surface area contributed by atoms with E-state index in [4.69, 9.17) is 16.7 Å². The second kappa shape index (κ2) is 2.89. The molecule has 2 fully saturated rings. The van der Waals surface area contributed by atoms with E-state index in [0.717, 1.165) is 4.90 Å². The van der Waals surface area contributed by atoms with Gasteiger partial charge in [-0.25, -0.2) is 13.2 Å². The van der Waals surface area contributed by atoms with Gasteiger partial charge in [-0.05, 0) is 13.8 Å². The molecule has 0 unspecified atom stereocenters. The molecule has 0 saturated carbocycles. The van der Waals surface area contributed by atoms with Crippen molar-refractivity contribution in [3.8, 4) is 0 Å². The summed E-state index contributed by atoms with van der Waals surface area (Å²) in [6.07, 6.45) is 0. The van der Waals surface area contributed by atoms with E-state index in [-0.39, 0.29) is 0 Å². The molecule has 0 aromatic rings. The van der Waals surface area contributed by atoms with E-state index in [9.17, 15) is 18.0 Å². The Morgan fingerprint density at radius 3 is 2.44 bits per heavy atom. The Kier molecular flexibility index (Phi) is 2.11. The lowest BCUT2D eigenvalue weighted by Crippen LogP contribution is -2.64. The molecule has 16 heavy (non-hydrogen) atoms. The summed E-state index contributed by atoms with van der Waals surface area (Å²) in [7, 11) is -3.75. The third-order valence-corrected chi connectivity index (χ3v) is 6.64. The maximum Gasteiger partial charge on any atom is 0.328 e. The molecule has 0 aromatic heterocycles. The molecule has 2 heterocycles. The lowest BCUT2D eigenvalue weighted by atomic mass is 9.98. The highest BCUT2D eigenvalue weighted by Crippen LogP contribution is 2.47. The monoisotopic (exact) mass is 267 g/mol. The summed E-state index contributed by atoms with van der Waals surface area (Å²) in [6.45, 7) is 2.60. The summed E-state index contributed by atoms with van der Waals surface area (Å²) in [4.78, 5) is 23.3. The summed E-state index contributed by atoms with van der Waals surface area (Å²) >= 11 is 5.62. The van der Waals surface area contributed by atoms with Crippen LogP contribution >= 0.6 is 11.6 Å². The van der Waals surface area contributed by atoms with Gasteiger partial charge >= 0.3 is 5.97 Å². The zero-order valence-electron chi connectivity index (χ0n) is 8.55. The largest absolute Gasteiger partial charge is 0.480 e. The van der Waals surface area contributed by atoms with Crippen molar-refractivity contribution in [2.45, 2.75) is 35.4 Å². The zero-order chi connectivity index (χ0) is 12.5. The average Bonchev–Trinajstić information content (AvgIpc) is 2.28. The Morgan fingerprint density at radius 1 is 1.50 bits per heavy atom. The summed E-state index contributed by atoms with van der Waals surface area (Å²) in [5.41, 5.74) is 0. The highest BCUT2D eigenvalue weighted by molar-refractivity contribution is 7.94. The number of sulfone groups is 1. The van der Waals surface area contributed by atoms with Crippen LogP contribution in [-0.2, 0) is 19.4 Å². The number of rotatable bonds is 1. The molecule has 1 N–H and O–H groups in total. The minimum atomic E-state index is -3.75. The number of nitrogens with zero attached hydrogens (tertiary/aromatic N) is 1. The number of hydrogen-bond acceptors (Lipinski definition) is 4. The first-order chi connectivity index (χ1) is 7.14. The third kappa shape index (κ3) is 1.00. The van der Waals surface area contributed by atoms with Crippen molar-refractivity contribution in [3.63, 3.8) is 0 Å².